The lowest BCUT2D eigenvalue weighted by molar-refractivity contribution is -0.120. The highest BCUT2D eigenvalue weighted by molar-refractivity contribution is 6.46. The minimum Gasteiger partial charge on any atom is -0.497 e. The van der Waals surface area contributed by atoms with Crippen molar-refractivity contribution in [1.82, 2.24) is 0 Å². The number of rotatable bonds is 6. The predicted octanol–water partition coefficient (Wildman–Crippen LogP) is 4.86. The fourth-order valence-corrected chi connectivity index (χ4v) is 3.72. The van der Waals surface area contributed by atoms with Crippen molar-refractivity contribution < 1.29 is 23.5 Å². The Balaban J connectivity index is 1.86. The summed E-state index contributed by atoms with van der Waals surface area (Å²) >= 11 is 0. The molecule has 0 unspecified atom stereocenters. The van der Waals surface area contributed by atoms with Crippen molar-refractivity contribution in [3.8, 4) is 11.5 Å². The number of nitrogens with one attached hydrogen (secondary N) is 1. The Morgan fingerprint density at radius 2 is 1.58 bits per heavy atom. The molecular formula is C26H23FN2O4. The third-order valence-corrected chi connectivity index (χ3v) is 5.50. The summed E-state index contributed by atoms with van der Waals surface area (Å²) < 4.78 is 24.2. The van der Waals surface area contributed by atoms with Gasteiger partial charge in [-0.3, -0.25) is 9.59 Å². The molecule has 0 saturated heterocycles. The first-order chi connectivity index (χ1) is 15.8. The molecule has 0 aliphatic carbocycles. The molecule has 0 radical (unpaired) electrons. The second-order valence-electron chi connectivity index (χ2n) is 7.68. The van der Waals surface area contributed by atoms with Crippen LogP contribution in [0.2, 0.25) is 0 Å². The Labute approximate surface area is 191 Å². The third kappa shape index (κ3) is 4.05. The second-order valence-corrected chi connectivity index (χ2v) is 7.68. The predicted molar refractivity (Wildman–Crippen MR) is 125 cm³/mol. The fraction of sp³-hybridized carbons (Fsp3) is 0.154. The average Bonchev–Trinajstić information content (AvgIpc) is 3.05. The molecule has 0 aromatic heterocycles. The molecule has 168 valence electrons. The van der Waals surface area contributed by atoms with Crippen LogP contribution in [-0.2, 0) is 9.59 Å². The summed E-state index contributed by atoms with van der Waals surface area (Å²) in [5, 5.41) is 3.16. The van der Waals surface area contributed by atoms with Gasteiger partial charge in [-0.1, -0.05) is 24.3 Å². The minimum atomic E-state index is -0.539. The van der Waals surface area contributed by atoms with Gasteiger partial charge in [0.2, 0.25) is 0 Å². The zero-order chi connectivity index (χ0) is 23.7. The van der Waals surface area contributed by atoms with Gasteiger partial charge in [-0.05, 0) is 60.9 Å². The number of benzene rings is 3. The molecule has 33 heavy (non-hydrogen) atoms. The van der Waals surface area contributed by atoms with E-state index in [0.29, 0.717) is 22.7 Å². The summed E-state index contributed by atoms with van der Waals surface area (Å²) in [6.45, 7) is 3.85. The third-order valence-electron chi connectivity index (χ3n) is 5.50. The molecule has 7 heteroatoms. The molecule has 0 fully saturated rings. The van der Waals surface area contributed by atoms with Gasteiger partial charge in [-0.25, -0.2) is 9.29 Å². The van der Waals surface area contributed by atoms with Crippen molar-refractivity contribution in [3.05, 3.63) is 88.9 Å². The molecule has 4 rings (SSSR count). The highest BCUT2D eigenvalue weighted by atomic mass is 19.1. The van der Waals surface area contributed by atoms with Crippen LogP contribution >= 0.6 is 0 Å². The smallest absolute Gasteiger partial charge is 0.282 e. The first-order valence-electron chi connectivity index (χ1n) is 10.3. The summed E-state index contributed by atoms with van der Waals surface area (Å²) in [6, 6.07) is 16.1. The van der Waals surface area contributed by atoms with Crippen LogP contribution in [0.5, 0.6) is 11.5 Å². The number of carbonyl (C=O) groups is 2. The highest BCUT2D eigenvalue weighted by Gasteiger charge is 2.41. The van der Waals surface area contributed by atoms with Crippen molar-refractivity contribution in [2.45, 2.75) is 13.8 Å². The van der Waals surface area contributed by atoms with E-state index >= 15 is 0 Å². The van der Waals surface area contributed by atoms with Crippen LogP contribution in [-0.4, -0.2) is 26.0 Å². The van der Waals surface area contributed by atoms with E-state index in [9.17, 15) is 14.0 Å². The number of aryl methyl sites for hydroxylation is 2. The molecule has 1 heterocycles. The normalized spacial score (nSPS) is 13.5. The van der Waals surface area contributed by atoms with Gasteiger partial charge in [0.15, 0.2) is 0 Å². The van der Waals surface area contributed by atoms with Crippen LogP contribution in [0.25, 0.3) is 5.57 Å². The Hall–Kier alpha value is -4.13. The molecule has 0 saturated carbocycles. The number of hydrogen-bond acceptors (Lipinski definition) is 5. The van der Waals surface area contributed by atoms with Crippen molar-refractivity contribution in [2.75, 3.05) is 24.4 Å². The number of nitrogens with zero attached hydrogens (tertiary/aromatic N) is 1. The van der Waals surface area contributed by atoms with Gasteiger partial charge in [0.25, 0.3) is 11.8 Å². The molecule has 1 aliphatic heterocycles. The molecule has 0 spiro atoms. The lowest BCUT2D eigenvalue weighted by Gasteiger charge is -2.19. The van der Waals surface area contributed by atoms with Crippen molar-refractivity contribution in [3.63, 3.8) is 0 Å². The maximum Gasteiger partial charge on any atom is 0.282 e. The second kappa shape index (κ2) is 8.78. The quantitative estimate of drug-likeness (QED) is 0.548. The van der Waals surface area contributed by atoms with Crippen LogP contribution < -0.4 is 19.7 Å². The fourth-order valence-electron chi connectivity index (χ4n) is 3.72. The Bertz CT molecular complexity index is 1280. The summed E-state index contributed by atoms with van der Waals surface area (Å²) in [6.07, 6.45) is 0. The van der Waals surface area contributed by atoms with Crippen LogP contribution in [0.3, 0.4) is 0 Å². The monoisotopic (exact) mass is 446 g/mol. The first-order valence-corrected chi connectivity index (χ1v) is 10.3. The van der Waals surface area contributed by atoms with Crippen LogP contribution in [0.4, 0.5) is 15.8 Å². The van der Waals surface area contributed by atoms with Crippen molar-refractivity contribution in [2.24, 2.45) is 0 Å². The zero-order valence-corrected chi connectivity index (χ0v) is 18.7. The van der Waals surface area contributed by atoms with E-state index in [1.54, 1.807) is 18.2 Å². The van der Waals surface area contributed by atoms with Gasteiger partial charge in [0.1, 0.15) is 23.0 Å². The van der Waals surface area contributed by atoms with Crippen LogP contribution in [0.15, 0.2) is 66.4 Å². The lowest BCUT2D eigenvalue weighted by atomic mass is 10.0. The Morgan fingerprint density at radius 3 is 2.24 bits per heavy atom. The van der Waals surface area contributed by atoms with Gasteiger partial charge in [-0.15, -0.1) is 0 Å². The average molecular weight is 446 g/mol. The molecule has 1 aliphatic rings. The summed E-state index contributed by atoms with van der Waals surface area (Å²) in [7, 11) is 2.97. The van der Waals surface area contributed by atoms with E-state index < -0.39 is 17.6 Å². The molecular weight excluding hydrogens is 423 g/mol. The molecule has 3 aromatic rings. The minimum absolute atomic E-state index is 0.109. The van der Waals surface area contributed by atoms with Gasteiger partial charge in [-0.2, -0.15) is 0 Å². The first kappa shape index (κ1) is 22.1. The lowest BCUT2D eigenvalue weighted by Crippen LogP contribution is -2.32. The number of methoxy groups -OCH3 is 2. The summed E-state index contributed by atoms with van der Waals surface area (Å²) in [4.78, 5) is 28.3. The maximum atomic E-state index is 13.6. The molecule has 2 amide bonds. The van der Waals surface area contributed by atoms with E-state index in [2.05, 4.69) is 5.32 Å². The molecule has 1 N–H and O–H groups in total. The molecule has 6 nitrogen and oxygen atoms in total. The zero-order valence-electron chi connectivity index (χ0n) is 18.7. The molecule has 3 aromatic carbocycles. The topological polar surface area (TPSA) is 67.9 Å². The Kier molecular flexibility index (Phi) is 5.87. The number of amides is 2. The summed E-state index contributed by atoms with van der Waals surface area (Å²) in [5.74, 6) is -0.682. The Morgan fingerprint density at radius 1 is 0.848 bits per heavy atom. The van der Waals surface area contributed by atoms with E-state index in [1.807, 2.05) is 32.0 Å². The van der Waals surface area contributed by atoms with E-state index in [4.69, 9.17) is 9.47 Å². The summed E-state index contributed by atoms with van der Waals surface area (Å²) in [5.41, 5.74) is 3.58. The number of hydrogen-bond donors (Lipinski definition) is 1. The van der Waals surface area contributed by atoms with Crippen molar-refractivity contribution in [1.29, 1.82) is 0 Å². The van der Waals surface area contributed by atoms with Crippen LogP contribution in [0, 0.1) is 19.7 Å². The van der Waals surface area contributed by atoms with Crippen molar-refractivity contribution >= 4 is 28.8 Å². The molecule has 0 bridgehead atoms. The number of imide groups is 1. The number of halogens is 1. The van der Waals surface area contributed by atoms with Gasteiger partial charge in [0.05, 0.1) is 25.5 Å². The van der Waals surface area contributed by atoms with E-state index in [-0.39, 0.29) is 17.0 Å². The highest BCUT2D eigenvalue weighted by Crippen LogP contribution is 2.39. The SMILES string of the molecule is COc1ccc(N2C(=O)C(Nc3cc(C)ccc3C)=C(c3ccc(F)cc3)C2=O)c(OC)c1. The number of anilines is 2. The largest absolute Gasteiger partial charge is 0.497 e. The standard InChI is InChI=1S/C26H23FN2O4/c1-15-5-6-16(2)20(13-15)28-24-23(17-7-9-18(27)10-8-17)25(30)29(26(24)31)21-12-11-19(32-3)14-22(21)33-4/h5-14,28H,1-4H3. The van der Waals surface area contributed by atoms with E-state index in [1.165, 1.54) is 38.5 Å². The van der Waals surface area contributed by atoms with Gasteiger partial charge < -0.3 is 14.8 Å². The van der Waals surface area contributed by atoms with Crippen LogP contribution in [0.1, 0.15) is 16.7 Å². The maximum absolute atomic E-state index is 13.6. The number of carbonyl (C=O) groups excluding carboxylic acids is 2. The molecule has 0 atom stereocenters. The van der Waals surface area contributed by atoms with E-state index in [0.717, 1.165) is 16.0 Å². The number of ether oxygens (including phenoxy) is 2. The van der Waals surface area contributed by atoms with Gasteiger partial charge in [0, 0.05) is 11.8 Å². The van der Waals surface area contributed by atoms with Gasteiger partial charge >= 0.3 is 0 Å².